The van der Waals surface area contributed by atoms with E-state index in [-0.39, 0.29) is 0 Å². The Morgan fingerprint density at radius 3 is 2.68 bits per heavy atom. The molecule has 1 aromatic heterocycles. The number of hydrogen-bond donors (Lipinski definition) is 1. The van der Waals surface area contributed by atoms with Gasteiger partial charge in [0, 0.05) is 11.8 Å². The van der Waals surface area contributed by atoms with E-state index in [1.165, 1.54) is 0 Å². The second kappa shape index (κ2) is 6.62. The molecule has 0 spiro atoms. The molecule has 1 aromatic carbocycles. The van der Waals surface area contributed by atoms with E-state index in [2.05, 4.69) is 16.9 Å². The Balaban J connectivity index is 1.83. The maximum atomic E-state index is 5.64. The number of aromatic nitrogens is 2. The highest BCUT2D eigenvalue weighted by Crippen LogP contribution is 2.11. The molecule has 2 rings (SSSR count). The molecule has 2 aromatic rings. The minimum atomic E-state index is 0.377. The molecule has 0 bridgehead atoms. The van der Waals surface area contributed by atoms with Crippen LogP contribution in [0.15, 0.2) is 36.5 Å². The van der Waals surface area contributed by atoms with Crippen LogP contribution in [0.2, 0.25) is 0 Å². The highest BCUT2D eigenvalue weighted by molar-refractivity contribution is 5.38. The van der Waals surface area contributed by atoms with Crippen LogP contribution in [0.5, 0.6) is 5.75 Å². The van der Waals surface area contributed by atoms with E-state index in [0.29, 0.717) is 13.2 Å². The average molecular weight is 255 g/mol. The zero-order valence-electron chi connectivity index (χ0n) is 11.0. The predicted molar refractivity (Wildman–Crippen MR) is 74.8 cm³/mol. The largest absolute Gasteiger partial charge is 0.492 e. The van der Waals surface area contributed by atoms with E-state index in [9.17, 15) is 0 Å². The molecule has 0 radical (unpaired) electrons. The third-order valence-electron chi connectivity index (χ3n) is 2.55. The molecule has 0 saturated heterocycles. The smallest absolute Gasteiger partial charge is 0.119 e. The standard InChI is InChI=1S/C15H17N3O/c1-13-8-10-18(17-13)11-12-19-15-6-4-14(5-7-15)3-2-9-16/h4-8,10H,9,11-12,16H2,1H3. The van der Waals surface area contributed by atoms with Crippen LogP contribution in [-0.2, 0) is 6.54 Å². The number of nitrogens with zero attached hydrogens (tertiary/aromatic N) is 2. The van der Waals surface area contributed by atoms with Gasteiger partial charge in [-0.15, -0.1) is 0 Å². The summed E-state index contributed by atoms with van der Waals surface area (Å²) in [4.78, 5) is 0. The van der Waals surface area contributed by atoms with Crippen molar-refractivity contribution in [1.82, 2.24) is 9.78 Å². The summed E-state index contributed by atoms with van der Waals surface area (Å²) in [5.74, 6) is 6.62. The molecule has 98 valence electrons. The summed E-state index contributed by atoms with van der Waals surface area (Å²) in [6, 6.07) is 9.65. The Labute approximate surface area is 113 Å². The Morgan fingerprint density at radius 1 is 1.26 bits per heavy atom. The Bertz CT molecular complexity index is 575. The fourth-order valence-corrected chi connectivity index (χ4v) is 1.63. The molecule has 0 amide bonds. The van der Waals surface area contributed by atoms with Gasteiger partial charge in [-0.2, -0.15) is 5.10 Å². The summed E-state index contributed by atoms with van der Waals surface area (Å²) in [5, 5.41) is 4.30. The van der Waals surface area contributed by atoms with Crippen LogP contribution in [0.4, 0.5) is 0 Å². The van der Waals surface area contributed by atoms with E-state index >= 15 is 0 Å². The van der Waals surface area contributed by atoms with Crippen molar-refractivity contribution >= 4 is 0 Å². The van der Waals surface area contributed by atoms with Gasteiger partial charge < -0.3 is 10.5 Å². The first kappa shape index (κ1) is 13.2. The van der Waals surface area contributed by atoms with Crippen LogP contribution in [-0.4, -0.2) is 22.9 Å². The van der Waals surface area contributed by atoms with Crippen LogP contribution in [0.3, 0.4) is 0 Å². The summed E-state index contributed by atoms with van der Waals surface area (Å²) < 4.78 is 7.52. The second-order valence-electron chi connectivity index (χ2n) is 4.10. The number of ether oxygens (including phenoxy) is 1. The van der Waals surface area contributed by atoms with Gasteiger partial charge in [0.25, 0.3) is 0 Å². The van der Waals surface area contributed by atoms with Gasteiger partial charge in [0.15, 0.2) is 0 Å². The van der Waals surface area contributed by atoms with Gasteiger partial charge >= 0.3 is 0 Å². The maximum Gasteiger partial charge on any atom is 0.119 e. The van der Waals surface area contributed by atoms with Gasteiger partial charge in [-0.3, -0.25) is 4.68 Å². The van der Waals surface area contributed by atoms with Crippen molar-refractivity contribution in [2.75, 3.05) is 13.2 Å². The zero-order chi connectivity index (χ0) is 13.5. The van der Waals surface area contributed by atoms with E-state index in [1.807, 2.05) is 48.1 Å². The molecular weight excluding hydrogens is 238 g/mol. The second-order valence-corrected chi connectivity index (χ2v) is 4.10. The minimum absolute atomic E-state index is 0.377. The predicted octanol–water partition coefficient (Wildman–Crippen LogP) is 1.58. The fourth-order valence-electron chi connectivity index (χ4n) is 1.63. The average Bonchev–Trinajstić information content (AvgIpc) is 2.84. The van der Waals surface area contributed by atoms with Gasteiger partial charge in [0.2, 0.25) is 0 Å². The molecule has 0 aliphatic carbocycles. The summed E-state index contributed by atoms with van der Waals surface area (Å²) in [6.45, 7) is 3.68. The summed E-state index contributed by atoms with van der Waals surface area (Å²) in [7, 11) is 0. The normalized spacial score (nSPS) is 9.79. The SMILES string of the molecule is Cc1ccn(CCOc2ccc(C#CCN)cc2)n1. The van der Waals surface area contributed by atoms with Crippen LogP contribution in [0.25, 0.3) is 0 Å². The van der Waals surface area contributed by atoms with E-state index in [4.69, 9.17) is 10.5 Å². The quantitative estimate of drug-likeness (QED) is 0.844. The molecule has 2 N–H and O–H groups in total. The van der Waals surface area contributed by atoms with Crippen molar-refractivity contribution in [1.29, 1.82) is 0 Å². The molecule has 0 fully saturated rings. The van der Waals surface area contributed by atoms with E-state index in [1.54, 1.807) is 0 Å². The molecule has 0 saturated carbocycles. The number of nitrogens with two attached hydrogens (primary N) is 1. The van der Waals surface area contributed by atoms with Crippen LogP contribution in [0.1, 0.15) is 11.3 Å². The van der Waals surface area contributed by atoms with E-state index < -0.39 is 0 Å². The van der Waals surface area contributed by atoms with Crippen molar-refractivity contribution in [3.05, 3.63) is 47.8 Å². The van der Waals surface area contributed by atoms with Gasteiger partial charge in [0.1, 0.15) is 12.4 Å². The number of aryl methyl sites for hydroxylation is 1. The monoisotopic (exact) mass is 255 g/mol. The first-order chi connectivity index (χ1) is 9.28. The Morgan fingerprint density at radius 2 is 2.05 bits per heavy atom. The highest BCUT2D eigenvalue weighted by Gasteiger charge is 1.96. The van der Waals surface area contributed by atoms with E-state index in [0.717, 1.165) is 23.6 Å². The third kappa shape index (κ3) is 4.16. The van der Waals surface area contributed by atoms with Crippen LogP contribution in [0, 0.1) is 18.8 Å². The topological polar surface area (TPSA) is 53.1 Å². The Hall–Kier alpha value is -2.25. The van der Waals surface area contributed by atoms with Gasteiger partial charge in [-0.1, -0.05) is 11.8 Å². The van der Waals surface area contributed by atoms with Crippen LogP contribution < -0.4 is 10.5 Å². The number of benzene rings is 1. The maximum absolute atomic E-state index is 5.64. The molecule has 4 heteroatoms. The lowest BCUT2D eigenvalue weighted by atomic mass is 10.2. The van der Waals surface area contributed by atoms with Crippen molar-refractivity contribution in [2.24, 2.45) is 5.73 Å². The first-order valence-electron chi connectivity index (χ1n) is 6.20. The number of rotatable bonds is 4. The first-order valence-corrected chi connectivity index (χ1v) is 6.20. The molecular formula is C15H17N3O. The summed E-state index contributed by atoms with van der Waals surface area (Å²) in [5.41, 5.74) is 7.28. The summed E-state index contributed by atoms with van der Waals surface area (Å²) in [6.07, 6.45) is 1.95. The molecule has 19 heavy (non-hydrogen) atoms. The van der Waals surface area contributed by atoms with Gasteiger partial charge in [0.05, 0.1) is 18.8 Å². The summed E-state index contributed by atoms with van der Waals surface area (Å²) >= 11 is 0. The molecule has 0 aliphatic rings. The zero-order valence-corrected chi connectivity index (χ0v) is 11.0. The van der Waals surface area contributed by atoms with Crippen molar-refractivity contribution in [3.8, 4) is 17.6 Å². The van der Waals surface area contributed by atoms with Crippen molar-refractivity contribution in [3.63, 3.8) is 0 Å². The molecule has 1 heterocycles. The van der Waals surface area contributed by atoms with Crippen molar-refractivity contribution in [2.45, 2.75) is 13.5 Å². The Kier molecular flexibility index (Phi) is 4.60. The molecule has 4 nitrogen and oxygen atoms in total. The third-order valence-corrected chi connectivity index (χ3v) is 2.55. The van der Waals surface area contributed by atoms with Crippen molar-refractivity contribution < 1.29 is 4.74 Å². The number of hydrogen-bond acceptors (Lipinski definition) is 3. The molecule has 0 unspecified atom stereocenters. The van der Waals surface area contributed by atoms with Crippen LogP contribution >= 0.6 is 0 Å². The lowest BCUT2D eigenvalue weighted by Crippen LogP contribution is -2.08. The fraction of sp³-hybridized carbons (Fsp3) is 0.267. The van der Waals surface area contributed by atoms with Gasteiger partial charge in [-0.05, 0) is 37.3 Å². The highest BCUT2D eigenvalue weighted by atomic mass is 16.5. The molecule has 0 aliphatic heterocycles. The lowest BCUT2D eigenvalue weighted by Gasteiger charge is -2.06. The van der Waals surface area contributed by atoms with Gasteiger partial charge in [-0.25, -0.2) is 0 Å². The molecule has 0 atom stereocenters. The minimum Gasteiger partial charge on any atom is -0.492 e. The lowest BCUT2D eigenvalue weighted by molar-refractivity contribution is 0.291.